The summed E-state index contributed by atoms with van der Waals surface area (Å²) in [4.78, 5) is 22.9. The van der Waals surface area contributed by atoms with E-state index in [0.717, 1.165) is 49.4 Å². The first-order chi connectivity index (χ1) is 17.7. The summed E-state index contributed by atoms with van der Waals surface area (Å²) in [5.74, 6) is 3.00. The maximum atomic E-state index is 13.9. The number of carbonyl (C=O) groups excluding carboxylic acids is 1. The van der Waals surface area contributed by atoms with Crippen LogP contribution in [0.5, 0.6) is 0 Å². The molecule has 5 aliphatic rings. The number of likely N-dealkylation sites (N-methyl/N-ethyl adjacent to an activating group) is 1. The Bertz CT molecular complexity index is 915. The van der Waals surface area contributed by atoms with Crippen molar-refractivity contribution in [2.75, 3.05) is 64.5 Å². The number of aliphatic hydroxyl groups excluding tert-OH is 2. The molecular formula is C30H48N4O3. The predicted molar refractivity (Wildman–Crippen MR) is 147 cm³/mol. The van der Waals surface area contributed by atoms with Crippen molar-refractivity contribution in [3.05, 3.63) is 30.3 Å². The molecule has 5 fully saturated rings. The zero-order valence-electron chi connectivity index (χ0n) is 23.2. The summed E-state index contributed by atoms with van der Waals surface area (Å²) in [5.41, 5.74) is 1.21. The fourth-order valence-corrected chi connectivity index (χ4v) is 7.98. The third-order valence-corrected chi connectivity index (χ3v) is 10.6. The fourth-order valence-electron chi connectivity index (χ4n) is 7.98. The van der Waals surface area contributed by atoms with Crippen LogP contribution >= 0.6 is 0 Å². The van der Waals surface area contributed by atoms with Gasteiger partial charge in [-0.1, -0.05) is 32.0 Å². The average Bonchev–Trinajstić information content (AvgIpc) is 3.18. The SMILES string of the molecule is CN(CCN1CN(c2ccccc2)C2(CCN(CCC3CCC4CC3C4(C)C)CC2)C1=O)CC(O)CO. The summed E-state index contributed by atoms with van der Waals surface area (Å²) in [6.45, 7) is 10.2. The van der Waals surface area contributed by atoms with Crippen LogP contribution in [0.2, 0.25) is 0 Å². The molecule has 7 nitrogen and oxygen atoms in total. The maximum Gasteiger partial charge on any atom is 0.250 e. The number of piperidine rings is 1. The molecular weight excluding hydrogens is 464 g/mol. The number of benzene rings is 1. The number of hydrogen-bond donors (Lipinski definition) is 2. The summed E-state index contributed by atoms with van der Waals surface area (Å²) in [6, 6.07) is 10.4. The van der Waals surface area contributed by atoms with Crippen molar-refractivity contribution in [3.8, 4) is 0 Å². The normalized spacial score (nSPS) is 29.7. The first kappa shape index (κ1) is 26.9. The molecule has 1 aromatic rings. The predicted octanol–water partition coefficient (Wildman–Crippen LogP) is 2.87. The summed E-state index contributed by atoms with van der Waals surface area (Å²) < 4.78 is 0. The minimum Gasteiger partial charge on any atom is -0.394 e. The van der Waals surface area contributed by atoms with Crippen LogP contribution in [0.1, 0.15) is 52.4 Å². The van der Waals surface area contributed by atoms with Crippen LogP contribution in [-0.2, 0) is 4.79 Å². The quantitative estimate of drug-likeness (QED) is 0.503. The van der Waals surface area contributed by atoms with E-state index in [0.29, 0.717) is 31.7 Å². The van der Waals surface area contributed by atoms with Gasteiger partial charge in [0.05, 0.1) is 19.4 Å². The highest BCUT2D eigenvalue weighted by molar-refractivity contribution is 5.93. The first-order valence-electron chi connectivity index (χ1n) is 14.6. The van der Waals surface area contributed by atoms with Gasteiger partial charge in [-0.05, 0) is 87.4 Å². The van der Waals surface area contributed by atoms with Gasteiger partial charge in [-0.15, -0.1) is 0 Å². The van der Waals surface area contributed by atoms with Crippen molar-refractivity contribution < 1.29 is 15.0 Å². The third-order valence-electron chi connectivity index (χ3n) is 10.6. The van der Waals surface area contributed by atoms with E-state index in [1.54, 1.807) is 0 Å². The Morgan fingerprint density at radius 1 is 1.11 bits per heavy atom. The molecule has 1 spiro atoms. The van der Waals surface area contributed by atoms with Crippen LogP contribution in [0.15, 0.2) is 30.3 Å². The molecule has 2 bridgehead atoms. The van der Waals surface area contributed by atoms with Gasteiger partial charge in [0.2, 0.25) is 5.91 Å². The lowest BCUT2D eigenvalue weighted by molar-refractivity contribution is -0.134. The highest BCUT2D eigenvalue weighted by Crippen LogP contribution is 2.62. The van der Waals surface area contributed by atoms with Crippen LogP contribution in [0, 0.1) is 23.2 Å². The molecule has 2 saturated heterocycles. The van der Waals surface area contributed by atoms with E-state index in [1.165, 1.54) is 32.2 Å². The van der Waals surface area contributed by atoms with Crippen molar-refractivity contribution in [2.24, 2.45) is 23.2 Å². The van der Waals surface area contributed by atoms with Crippen LogP contribution in [0.4, 0.5) is 5.69 Å². The van der Waals surface area contributed by atoms with Gasteiger partial charge < -0.3 is 29.8 Å². The van der Waals surface area contributed by atoms with Crippen LogP contribution in [0.25, 0.3) is 0 Å². The number of fused-ring (bicyclic) bond motifs is 2. The molecule has 7 heteroatoms. The molecule has 6 rings (SSSR count). The molecule has 4 atom stereocenters. The topological polar surface area (TPSA) is 70.5 Å². The van der Waals surface area contributed by atoms with E-state index in [4.69, 9.17) is 5.11 Å². The molecule has 1 amide bonds. The second-order valence-electron chi connectivity index (χ2n) is 12.9. The lowest BCUT2D eigenvalue weighted by atomic mass is 9.45. The summed E-state index contributed by atoms with van der Waals surface area (Å²) in [6.07, 6.45) is 6.59. The van der Waals surface area contributed by atoms with Gasteiger partial charge in [0.25, 0.3) is 0 Å². The number of para-hydroxylation sites is 1. The summed E-state index contributed by atoms with van der Waals surface area (Å²) >= 11 is 0. The van der Waals surface area contributed by atoms with E-state index >= 15 is 0 Å². The maximum absolute atomic E-state index is 13.9. The van der Waals surface area contributed by atoms with Crippen molar-refractivity contribution in [2.45, 2.75) is 64.0 Å². The largest absolute Gasteiger partial charge is 0.394 e. The Morgan fingerprint density at radius 3 is 2.49 bits per heavy atom. The van der Waals surface area contributed by atoms with Gasteiger partial charge in [-0.2, -0.15) is 0 Å². The number of amides is 1. The second-order valence-corrected chi connectivity index (χ2v) is 12.9. The zero-order chi connectivity index (χ0) is 26.2. The summed E-state index contributed by atoms with van der Waals surface area (Å²) in [5, 5.41) is 18.9. The first-order valence-corrected chi connectivity index (χ1v) is 14.6. The number of nitrogens with zero attached hydrogens (tertiary/aromatic N) is 4. The number of likely N-dealkylation sites (tertiary alicyclic amines) is 1. The monoisotopic (exact) mass is 512 g/mol. The van der Waals surface area contributed by atoms with E-state index < -0.39 is 11.6 Å². The Morgan fingerprint density at radius 2 is 1.84 bits per heavy atom. The molecule has 3 aliphatic carbocycles. The molecule has 2 aliphatic heterocycles. The lowest BCUT2D eigenvalue weighted by Gasteiger charge is -2.60. The van der Waals surface area contributed by atoms with E-state index in [2.05, 4.69) is 47.9 Å². The van der Waals surface area contributed by atoms with Gasteiger partial charge in [-0.25, -0.2) is 0 Å². The third kappa shape index (κ3) is 5.17. The number of carbonyl (C=O) groups is 1. The Labute approximate surface area is 223 Å². The Hall–Kier alpha value is -1.67. The molecule has 0 radical (unpaired) electrons. The number of aliphatic hydroxyl groups is 2. The highest BCUT2D eigenvalue weighted by Gasteiger charge is 2.55. The van der Waals surface area contributed by atoms with Gasteiger partial charge in [0, 0.05) is 38.4 Å². The standard InChI is InChI=1S/C30H48N4O3/c1-29(2)24-10-9-23(27(29)19-24)11-14-32-15-12-30(13-16-32)28(37)33(18-17-31(3)20-26(36)21-35)22-34(30)25-7-5-4-6-8-25/h4-8,23-24,26-27,35-36H,9-22H2,1-3H3. The highest BCUT2D eigenvalue weighted by atomic mass is 16.3. The molecule has 37 heavy (non-hydrogen) atoms. The molecule has 2 N–H and O–H groups in total. The second kappa shape index (κ2) is 10.8. The minimum atomic E-state index is -0.749. The number of rotatable bonds is 10. The average molecular weight is 513 g/mol. The Kier molecular flexibility index (Phi) is 7.88. The molecule has 2 heterocycles. The van der Waals surface area contributed by atoms with Gasteiger partial charge in [-0.3, -0.25) is 4.79 Å². The van der Waals surface area contributed by atoms with Gasteiger partial charge in [0.15, 0.2) is 0 Å². The fraction of sp³-hybridized carbons (Fsp3) is 0.767. The molecule has 4 unspecified atom stereocenters. The van der Waals surface area contributed by atoms with E-state index in [9.17, 15) is 9.90 Å². The van der Waals surface area contributed by atoms with Gasteiger partial charge in [0.1, 0.15) is 5.54 Å². The molecule has 1 aromatic carbocycles. The smallest absolute Gasteiger partial charge is 0.250 e. The van der Waals surface area contributed by atoms with Crippen LogP contribution < -0.4 is 4.90 Å². The molecule has 3 saturated carbocycles. The van der Waals surface area contributed by atoms with Crippen molar-refractivity contribution >= 4 is 11.6 Å². The zero-order valence-corrected chi connectivity index (χ0v) is 23.2. The van der Waals surface area contributed by atoms with Crippen LogP contribution in [-0.4, -0.2) is 102 Å². The summed E-state index contributed by atoms with van der Waals surface area (Å²) in [7, 11) is 1.93. The Balaban J connectivity index is 1.21. The number of anilines is 1. The molecule has 206 valence electrons. The van der Waals surface area contributed by atoms with Crippen molar-refractivity contribution in [1.82, 2.24) is 14.7 Å². The molecule has 0 aromatic heterocycles. The van der Waals surface area contributed by atoms with E-state index in [-0.39, 0.29) is 12.5 Å². The number of hydrogen-bond acceptors (Lipinski definition) is 6. The van der Waals surface area contributed by atoms with Crippen molar-refractivity contribution in [1.29, 1.82) is 0 Å². The lowest BCUT2D eigenvalue weighted by Crippen LogP contribution is -2.57. The minimum absolute atomic E-state index is 0.242. The van der Waals surface area contributed by atoms with E-state index in [1.807, 2.05) is 22.9 Å². The van der Waals surface area contributed by atoms with Crippen LogP contribution in [0.3, 0.4) is 0 Å². The van der Waals surface area contributed by atoms with Crippen molar-refractivity contribution in [3.63, 3.8) is 0 Å². The van der Waals surface area contributed by atoms with Gasteiger partial charge >= 0.3 is 0 Å².